The zero-order valence-electron chi connectivity index (χ0n) is 10.3. The number of hydrogen-bond donors (Lipinski definition) is 1. The fraction of sp³-hybridized carbons (Fsp3) is 0.917. The fourth-order valence-corrected chi connectivity index (χ4v) is 2.30. The van der Waals surface area contributed by atoms with Gasteiger partial charge in [-0.2, -0.15) is 0 Å². The number of rotatable bonds is 4. The van der Waals surface area contributed by atoms with Gasteiger partial charge in [0, 0.05) is 25.6 Å². The van der Waals surface area contributed by atoms with Crippen molar-refractivity contribution in [2.24, 2.45) is 11.8 Å². The Labute approximate surface area is 93.2 Å². The van der Waals surface area contributed by atoms with Gasteiger partial charge in [-0.15, -0.1) is 0 Å². The summed E-state index contributed by atoms with van der Waals surface area (Å²) < 4.78 is 0. The lowest BCUT2D eigenvalue weighted by molar-refractivity contribution is -0.136. The van der Waals surface area contributed by atoms with E-state index < -0.39 is 0 Å². The summed E-state index contributed by atoms with van der Waals surface area (Å²) in [5, 5.41) is 3.07. The first-order valence-corrected chi connectivity index (χ1v) is 6.12. The number of likely N-dealkylation sites (tertiary alicyclic amines) is 1. The maximum atomic E-state index is 12.0. The lowest BCUT2D eigenvalue weighted by atomic mass is 9.94. The lowest BCUT2D eigenvalue weighted by Gasteiger charge is -2.34. The van der Waals surface area contributed by atoms with E-state index in [2.05, 4.69) is 17.1 Å². The molecule has 88 valence electrons. The minimum Gasteiger partial charge on any atom is -0.342 e. The van der Waals surface area contributed by atoms with Crippen LogP contribution in [-0.2, 0) is 4.79 Å². The third kappa shape index (κ3) is 3.49. The third-order valence-electron chi connectivity index (χ3n) is 3.34. The van der Waals surface area contributed by atoms with E-state index in [9.17, 15) is 4.79 Å². The van der Waals surface area contributed by atoms with Gasteiger partial charge >= 0.3 is 0 Å². The van der Waals surface area contributed by atoms with Crippen LogP contribution in [0.1, 0.15) is 33.1 Å². The zero-order valence-corrected chi connectivity index (χ0v) is 10.3. The molecule has 15 heavy (non-hydrogen) atoms. The van der Waals surface area contributed by atoms with Gasteiger partial charge in [0.15, 0.2) is 0 Å². The summed E-state index contributed by atoms with van der Waals surface area (Å²) in [6, 6.07) is 0. The summed E-state index contributed by atoms with van der Waals surface area (Å²) in [4.78, 5) is 14.1. The maximum Gasteiger partial charge on any atom is 0.226 e. The van der Waals surface area contributed by atoms with Crippen molar-refractivity contribution in [1.82, 2.24) is 10.2 Å². The summed E-state index contributed by atoms with van der Waals surface area (Å²) in [6.45, 7) is 6.95. The molecule has 1 heterocycles. The fourth-order valence-electron chi connectivity index (χ4n) is 2.30. The molecule has 1 N–H and O–H groups in total. The van der Waals surface area contributed by atoms with Gasteiger partial charge in [0.25, 0.3) is 0 Å². The van der Waals surface area contributed by atoms with E-state index in [4.69, 9.17) is 0 Å². The Morgan fingerprint density at radius 1 is 1.60 bits per heavy atom. The molecule has 1 saturated heterocycles. The molecule has 0 aliphatic carbocycles. The number of nitrogens with zero attached hydrogens (tertiary/aromatic N) is 1. The first kappa shape index (κ1) is 12.5. The molecule has 0 radical (unpaired) electrons. The van der Waals surface area contributed by atoms with Gasteiger partial charge in [-0.05, 0) is 25.8 Å². The molecule has 1 aliphatic heterocycles. The molecule has 3 heteroatoms. The molecule has 2 atom stereocenters. The number of amides is 1. The lowest BCUT2D eigenvalue weighted by Crippen LogP contribution is -2.44. The van der Waals surface area contributed by atoms with Crippen molar-refractivity contribution in [3.05, 3.63) is 0 Å². The Balaban J connectivity index is 2.44. The van der Waals surface area contributed by atoms with Crippen molar-refractivity contribution in [3.8, 4) is 0 Å². The van der Waals surface area contributed by atoms with Gasteiger partial charge in [0.05, 0.1) is 0 Å². The second-order valence-corrected chi connectivity index (χ2v) is 4.66. The maximum absolute atomic E-state index is 12.0. The van der Waals surface area contributed by atoms with E-state index in [0.717, 1.165) is 25.6 Å². The van der Waals surface area contributed by atoms with E-state index in [1.165, 1.54) is 19.3 Å². The number of carbonyl (C=O) groups is 1. The van der Waals surface area contributed by atoms with E-state index in [1.807, 2.05) is 14.0 Å². The van der Waals surface area contributed by atoms with Crippen molar-refractivity contribution < 1.29 is 4.79 Å². The van der Waals surface area contributed by atoms with Crippen molar-refractivity contribution in [2.45, 2.75) is 33.1 Å². The van der Waals surface area contributed by atoms with Crippen LogP contribution in [0.25, 0.3) is 0 Å². The Hall–Kier alpha value is -0.570. The molecule has 0 aromatic carbocycles. The van der Waals surface area contributed by atoms with Crippen LogP contribution in [0.4, 0.5) is 0 Å². The number of carbonyl (C=O) groups excluding carboxylic acids is 1. The molecule has 2 unspecified atom stereocenters. The van der Waals surface area contributed by atoms with E-state index in [1.54, 1.807) is 0 Å². The highest BCUT2D eigenvalue weighted by molar-refractivity contribution is 5.78. The van der Waals surface area contributed by atoms with Gasteiger partial charge in [-0.25, -0.2) is 0 Å². The molecule has 1 aliphatic rings. The van der Waals surface area contributed by atoms with E-state index >= 15 is 0 Å². The van der Waals surface area contributed by atoms with Crippen molar-refractivity contribution in [3.63, 3.8) is 0 Å². The van der Waals surface area contributed by atoms with Crippen molar-refractivity contribution in [2.75, 3.05) is 26.7 Å². The standard InChI is InChI=1S/C12H24N2O/c1-4-11-6-5-7-14(9-11)12(15)10(2)8-13-3/h10-11,13H,4-9H2,1-3H3. The van der Waals surface area contributed by atoms with Crippen LogP contribution in [0.2, 0.25) is 0 Å². The van der Waals surface area contributed by atoms with Crippen LogP contribution in [0, 0.1) is 11.8 Å². The number of hydrogen-bond acceptors (Lipinski definition) is 2. The van der Waals surface area contributed by atoms with Gasteiger partial charge < -0.3 is 10.2 Å². The van der Waals surface area contributed by atoms with E-state index in [-0.39, 0.29) is 5.92 Å². The van der Waals surface area contributed by atoms with Crippen molar-refractivity contribution in [1.29, 1.82) is 0 Å². The second-order valence-electron chi connectivity index (χ2n) is 4.66. The van der Waals surface area contributed by atoms with Crippen LogP contribution in [-0.4, -0.2) is 37.5 Å². The summed E-state index contributed by atoms with van der Waals surface area (Å²) in [5.74, 6) is 1.16. The molecule has 0 saturated carbocycles. The summed E-state index contributed by atoms with van der Waals surface area (Å²) in [5.41, 5.74) is 0. The van der Waals surface area contributed by atoms with Crippen LogP contribution in [0.3, 0.4) is 0 Å². The first-order chi connectivity index (χ1) is 7.19. The van der Waals surface area contributed by atoms with Gasteiger partial charge in [0.1, 0.15) is 0 Å². The molecule has 0 aromatic rings. The highest BCUT2D eigenvalue weighted by atomic mass is 16.2. The molecular weight excluding hydrogens is 188 g/mol. The van der Waals surface area contributed by atoms with Crippen LogP contribution in [0.15, 0.2) is 0 Å². The van der Waals surface area contributed by atoms with Crippen LogP contribution >= 0.6 is 0 Å². The average molecular weight is 212 g/mol. The topological polar surface area (TPSA) is 32.3 Å². The smallest absolute Gasteiger partial charge is 0.226 e. The first-order valence-electron chi connectivity index (χ1n) is 6.12. The monoisotopic (exact) mass is 212 g/mol. The largest absolute Gasteiger partial charge is 0.342 e. The highest BCUT2D eigenvalue weighted by Crippen LogP contribution is 2.20. The Morgan fingerprint density at radius 2 is 2.33 bits per heavy atom. The van der Waals surface area contributed by atoms with Crippen LogP contribution < -0.4 is 5.32 Å². The quantitative estimate of drug-likeness (QED) is 0.766. The molecule has 0 aromatic heterocycles. The molecule has 0 spiro atoms. The SMILES string of the molecule is CCC1CCCN(C(=O)C(C)CNC)C1. The summed E-state index contributed by atoms with van der Waals surface area (Å²) in [7, 11) is 1.90. The van der Waals surface area contributed by atoms with Gasteiger partial charge in [0.2, 0.25) is 5.91 Å². The second kappa shape index (κ2) is 6.11. The third-order valence-corrected chi connectivity index (χ3v) is 3.34. The molecule has 0 bridgehead atoms. The summed E-state index contributed by atoms with van der Waals surface area (Å²) >= 11 is 0. The molecule has 3 nitrogen and oxygen atoms in total. The van der Waals surface area contributed by atoms with Gasteiger partial charge in [-0.1, -0.05) is 20.3 Å². The predicted octanol–water partition coefficient (Wildman–Crippen LogP) is 1.49. The Bertz CT molecular complexity index is 206. The molecule has 1 fully saturated rings. The normalized spacial score (nSPS) is 23.9. The summed E-state index contributed by atoms with van der Waals surface area (Å²) in [6.07, 6.45) is 3.67. The Morgan fingerprint density at radius 3 is 2.93 bits per heavy atom. The predicted molar refractivity (Wildman–Crippen MR) is 62.7 cm³/mol. The number of piperidine rings is 1. The molecular formula is C12H24N2O. The van der Waals surface area contributed by atoms with Crippen molar-refractivity contribution >= 4 is 5.91 Å². The molecule has 1 rings (SSSR count). The molecule has 1 amide bonds. The Kier molecular flexibility index (Phi) is 5.09. The zero-order chi connectivity index (χ0) is 11.3. The van der Waals surface area contributed by atoms with E-state index in [0.29, 0.717) is 5.91 Å². The average Bonchev–Trinajstić information content (AvgIpc) is 2.28. The number of nitrogens with one attached hydrogen (secondary N) is 1. The van der Waals surface area contributed by atoms with Crippen LogP contribution in [0.5, 0.6) is 0 Å². The van der Waals surface area contributed by atoms with Gasteiger partial charge in [-0.3, -0.25) is 4.79 Å². The minimum absolute atomic E-state index is 0.116. The highest BCUT2D eigenvalue weighted by Gasteiger charge is 2.25. The minimum atomic E-state index is 0.116.